The summed E-state index contributed by atoms with van der Waals surface area (Å²) >= 11 is 4.69. The number of amides is 1. The number of thioether (sulfide) groups is 1. The van der Waals surface area contributed by atoms with Gasteiger partial charge in [0.25, 0.3) is 0 Å². The van der Waals surface area contributed by atoms with E-state index in [1.807, 2.05) is 47.9 Å². The van der Waals surface area contributed by atoms with E-state index in [4.69, 9.17) is 4.74 Å². The Morgan fingerprint density at radius 3 is 2.52 bits per heavy atom. The van der Waals surface area contributed by atoms with Gasteiger partial charge in [0.1, 0.15) is 5.75 Å². The number of ketones is 1. The molecule has 0 aliphatic heterocycles. The first kappa shape index (κ1) is 24.7. The SMILES string of the molecule is C=CCn1c(SCC(=O)c2ccc(Br)cc2)nnc1[C@@H](C)NC(=O)Cc1ccc(OC)cc1. The number of carbonyl (C=O) groups is 2. The van der Waals surface area contributed by atoms with Crippen molar-refractivity contribution in [2.45, 2.75) is 31.1 Å². The summed E-state index contributed by atoms with van der Waals surface area (Å²) < 4.78 is 7.94. The number of Topliss-reactive ketones (excluding diaryl/α,β-unsaturated/α-hetero) is 1. The molecule has 0 fully saturated rings. The number of aromatic nitrogens is 3. The molecular weight excluding hydrogens is 504 g/mol. The van der Waals surface area contributed by atoms with Crippen molar-refractivity contribution in [3.8, 4) is 5.75 Å². The Morgan fingerprint density at radius 1 is 1.18 bits per heavy atom. The molecule has 172 valence electrons. The van der Waals surface area contributed by atoms with Crippen molar-refractivity contribution in [1.82, 2.24) is 20.1 Å². The van der Waals surface area contributed by atoms with Gasteiger partial charge in [0, 0.05) is 16.6 Å². The quantitative estimate of drug-likeness (QED) is 0.222. The van der Waals surface area contributed by atoms with E-state index in [9.17, 15) is 9.59 Å². The minimum Gasteiger partial charge on any atom is -0.497 e. The molecule has 1 heterocycles. The zero-order valence-corrected chi connectivity index (χ0v) is 20.9. The second kappa shape index (κ2) is 11.8. The van der Waals surface area contributed by atoms with E-state index in [0.29, 0.717) is 23.1 Å². The number of rotatable bonds is 11. The van der Waals surface area contributed by atoms with Gasteiger partial charge < -0.3 is 14.6 Å². The molecule has 0 bridgehead atoms. The molecule has 1 atom stereocenters. The second-order valence-electron chi connectivity index (χ2n) is 7.27. The second-order valence-corrected chi connectivity index (χ2v) is 9.13. The molecule has 1 N–H and O–H groups in total. The fourth-order valence-corrected chi connectivity index (χ4v) is 4.28. The van der Waals surface area contributed by atoms with Crippen molar-refractivity contribution in [3.63, 3.8) is 0 Å². The number of benzene rings is 2. The average molecular weight is 529 g/mol. The van der Waals surface area contributed by atoms with Gasteiger partial charge in [-0.15, -0.1) is 16.8 Å². The molecular formula is C24H25BrN4O3S. The van der Waals surface area contributed by atoms with Crippen LogP contribution in [0, 0.1) is 0 Å². The number of carbonyl (C=O) groups excluding carboxylic acids is 2. The zero-order valence-electron chi connectivity index (χ0n) is 18.5. The maximum Gasteiger partial charge on any atom is 0.224 e. The maximum absolute atomic E-state index is 12.5. The van der Waals surface area contributed by atoms with Crippen molar-refractivity contribution in [3.05, 3.63) is 82.6 Å². The van der Waals surface area contributed by atoms with Crippen LogP contribution in [0.25, 0.3) is 0 Å². The number of ether oxygens (including phenoxy) is 1. The molecule has 1 aromatic heterocycles. The standard InChI is InChI=1S/C24H25BrN4O3S/c1-4-13-29-23(16(2)26-22(31)14-17-5-11-20(32-3)12-6-17)27-28-24(29)33-15-21(30)18-7-9-19(25)10-8-18/h4-12,16H,1,13-15H2,2-3H3,(H,26,31)/t16-/m1/s1. The highest BCUT2D eigenvalue weighted by Gasteiger charge is 2.20. The van der Waals surface area contributed by atoms with Gasteiger partial charge in [-0.25, -0.2) is 0 Å². The highest BCUT2D eigenvalue weighted by Crippen LogP contribution is 2.22. The highest BCUT2D eigenvalue weighted by atomic mass is 79.9. The summed E-state index contributed by atoms with van der Waals surface area (Å²) in [6.45, 7) is 6.13. The maximum atomic E-state index is 12.5. The molecule has 1 amide bonds. The summed E-state index contributed by atoms with van der Waals surface area (Å²) in [4.78, 5) is 25.1. The van der Waals surface area contributed by atoms with Crippen LogP contribution < -0.4 is 10.1 Å². The lowest BCUT2D eigenvalue weighted by Gasteiger charge is -2.15. The van der Waals surface area contributed by atoms with Crippen LogP contribution in [0.1, 0.15) is 34.7 Å². The van der Waals surface area contributed by atoms with Gasteiger partial charge >= 0.3 is 0 Å². The molecule has 9 heteroatoms. The molecule has 0 spiro atoms. The Balaban J connectivity index is 1.64. The van der Waals surface area contributed by atoms with Crippen molar-refractivity contribution in [1.29, 1.82) is 0 Å². The van der Waals surface area contributed by atoms with Crippen LogP contribution in [0.2, 0.25) is 0 Å². The summed E-state index contributed by atoms with van der Waals surface area (Å²) in [6.07, 6.45) is 1.98. The third kappa shape index (κ3) is 6.79. The first-order chi connectivity index (χ1) is 15.9. The van der Waals surface area contributed by atoms with Crippen molar-refractivity contribution < 1.29 is 14.3 Å². The predicted octanol–water partition coefficient (Wildman–Crippen LogP) is 4.63. The van der Waals surface area contributed by atoms with Gasteiger partial charge in [-0.1, -0.05) is 58.0 Å². The number of methoxy groups -OCH3 is 1. The lowest BCUT2D eigenvalue weighted by Crippen LogP contribution is -2.30. The number of allylic oxidation sites excluding steroid dienone is 1. The minimum atomic E-state index is -0.361. The van der Waals surface area contributed by atoms with Crippen LogP contribution in [-0.2, 0) is 17.8 Å². The molecule has 3 aromatic rings. The van der Waals surface area contributed by atoms with Crippen LogP contribution in [-0.4, -0.2) is 39.3 Å². The number of hydrogen-bond donors (Lipinski definition) is 1. The number of nitrogens with zero attached hydrogens (tertiary/aromatic N) is 3. The Labute approximate surface area is 205 Å². The lowest BCUT2D eigenvalue weighted by atomic mass is 10.1. The minimum absolute atomic E-state index is 0.00282. The topological polar surface area (TPSA) is 86.1 Å². The number of halogens is 1. The summed E-state index contributed by atoms with van der Waals surface area (Å²) in [6, 6.07) is 14.3. The smallest absolute Gasteiger partial charge is 0.224 e. The number of nitrogens with one attached hydrogen (secondary N) is 1. The predicted molar refractivity (Wildman–Crippen MR) is 133 cm³/mol. The van der Waals surface area contributed by atoms with Crippen LogP contribution >= 0.6 is 27.7 Å². The molecule has 0 radical (unpaired) electrons. The first-order valence-electron chi connectivity index (χ1n) is 10.3. The van der Waals surface area contributed by atoms with Gasteiger partial charge in [-0.3, -0.25) is 9.59 Å². The first-order valence-corrected chi connectivity index (χ1v) is 12.1. The monoisotopic (exact) mass is 528 g/mol. The fraction of sp³-hybridized carbons (Fsp3) is 0.250. The Hall–Kier alpha value is -2.91. The van der Waals surface area contributed by atoms with Gasteiger partial charge in [0.2, 0.25) is 5.91 Å². The summed E-state index contributed by atoms with van der Waals surface area (Å²) in [7, 11) is 1.60. The molecule has 0 saturated heterocycles. The number of hydrogen-bond acceptors (Lipinski definition) is 6. The van der Waals surface area contributed by atoms with Crippen molar-refractivity contribution >= 4 is 39.4 Å². The van der Waals surface area contributed by atoms with Gasteiger partial charge in [0.15, 0.2) is 16.8 Å². The fourth-order valence-electron chi connectivity index (χ4n) is 3.16. The molecule has 0 saturated carbocycles. The summed E-state index contributed by atoms with van der Waals surface area (Å²) in [5.74, 6) is 1.46. The van der Waals surface area contributed by atoms with Crippen LogP contribution in [0.15, 0.2) is 70.8 Å². The van der Waals surface area contributed by atoms with E-state index >= 15 is 0 Å². The largest absolute Gasteiger partial charge is 0.497 e. The molecule has 33 heavy (non-hydrogen) atoms. The van der Waals surface area contributed by atoms with Crippen molar-refractivity contribution in [2.75, 3.05) is 12.9 Å². The Bertz CT molecular complexity index is 1110. The van der Waals surface area contributed by atoms with E-state index in [2.05, 4.69) is 38.0 Å². The molecule has 2 aromatic carbocycles. The third-order valence-electron chi connectivity index (χ3n) is 4.84. The summed E-state index contributed by atoms with van der Waals surface area (Å²) in [5.41, 5.74) is 1.52. The van der Waals surface area contributed by atoms with Gasteiger partial charge in [-0.05, 0) is 36.8 Å². The van der Waals surface area contributed by atoms with E-state index in [-0.39, 0.29) is 29.9 Å². The van der Waals surface area contributed by atoms with Gasteiger partial charge in [-0.2, -0.15) is 0 Å². The molecule has 7 nitrogen and oxygen atoms in total. The van der Waals surface area contributed by atoms with Crippen molar-refractivity contribution in [2.24, 2.45) is 0 Å². The highest BCUT2D eigenvalue weighted by molar-refractivity contribution is 9.10. The van der Waals surface area contributed by atoms with E-state index in [1.165, 1.54) is 11.8 Å². The van der Waals surface area contributed by atoms with Crippen LogP contribution in [0.5, 0.6) is 5.75 Å². The van der Waals surface area contributed by atoms with Gasteiger partial charge in [0.05, 0.1) is 25.3 Å². The Kier molecular flexibility index (Phi) is 8.85. The normalized spacial score (nSPS) is 11.6. The lowest BCUT2D eigenvalue weighted by molar-refractivity contribution is -0.121. The molecule has 0 aliphatic carbocycles. The van der Waals surface area contributed by atoms with Crippen LogP contribution in [0.3, 0.4) is 0 Å². The van der Waals surface area contributed by atoms with Crippen LogP contribution in [0.4, 0.5) is 0 Å². The summed E-state index contributed by atoms with van der Waals surface area (Å²) in [5, 5.41) is 12.1. The molecule has 0 unspecified atom stereocenters. The van der Waals surface area contributed by atoms with E-state index in [1.54, 1.807) is 25.3 Å². The average Bonchev–Trinajstić information content (AvgIpc) is 3.21. The third-order valence-corrected chi connectivity index (χ3v) is 6.34. The van der Waals surface area contributed by atoms with E-state index in [0.717, 1.165) is 15.8 Å². The van der Waals surface area contributed by atoms with E-state index < -0.39 is 0 Å². The zero-order chi connectivity index (χ0) is 23.8. The molecule has 0 aliphatic rings. The Morgan fingerprint density at radius 2 is 1.88 bits per heavy atom. The molecule has 3 rings (SSSR count).